The number of aryl methyl sites for hydroxylation is 2. The number of hydrogen-bond acceptors (Lipinski definition) is 4. The Kier molecular flexibility index (Phi) is 8.26. The van der Waals surface area contributed by atoms with Gasteiger partial charge >= 0.3 is 0 Å². The van der Waals surface area contributed by atoms with Gasteiger partial charge in [-0.2, -0.15) is 0 Å². The van der Waals surface area contributed by atoms with Gasteiger partial charge in [-0.25, -0.2) is 0 Å². The predicted molar refractivity (Wildman–Crippen MR) is 81.2 cm³/mol. The average Bonchev–Trinajstić information content (AvgIpc) is 2.43. The van der Waals surface area contributed by atoms with Crippen molar-refractivity contribution >= 4 is 0 Å². The summed E-state index contributed by atoms with van der Waals surface area (Å²) in [5, 5.41) is 13.1. The topological polar surface area (TPSA) is 50.7 Å². The molecule has 0 saturated carbocycles. The van der Waals surface area contributed by atoms with E-state index in [1.165, 1.54) is 5.56 Å². The van der Waals surface area contributed by atoms with Gasteiger partial charge in [0.2, 0.25) is 0 Å². The summed E-state index contributed by atoms with van der Waals surface area (Å²) in [6.07, 6.45) is 2.16. The Balaban J connectivity index is 2.10. The van der Waals surface area contributed by atoms with E-state index in [-0.39, 0.29) is 0 Å². The van der Waals surface area contributed by atoms with Crippen LogP contribution >= 0.6 is 0 Å². The molecule has 0 saturated heterocycles. The van der Waals surface area contributed by atoms with E-state index in [4.69, 9.17) is 9.47 Å². The van der Waals surface area contributed by atoms with Gasteiger partial charge < -0.3 is 19.9 Å². The van der Waals surface area contributed by atoms with Crippen LogP contribution in [0.1, 0.15) is 29.5 Å². The van der Waals surface area contributed by atoms with Crippen molar-refractivity contribution in [3.05, 3.63) is 28.8 Å². The molecule has 0 radical (unpaired) electrons. The van der Waals surface area contributed by atoms with Crippen molar-refractivity contribution in [2.45, 2.75) is 33.2 Å². The Bertz CT molecular complexity index is 370. The third-order valence-electron chi connectivity index (χ3n) is 3.20. The summed E-state index contributed by atoms with van der Waals surface area (Å²) in [6, 6.07) is 4.06. The Morgan fingerprint density at radius 2 is 1.75 bits per heavy atom. The van der Waals surface area contributed by atoms with Crippen LogP contribution in [0.25, 0.3) is 0 Å². The van der Waals surface area contributed by atoms with Crippen LogP contribution < -0.4 is 5.32 Å². The lowest BCUT2D eigenvalue weighted by molar-refractivity contribution is 0.0688. The molecule has 0 unspecified atom stereocenters. The molecule has 20 heavy (non-hydrogen) atoms. The first-order valence-corrected chi connectivity index (χ1v) is 7.21. The fraction of sp³-hybridized carbons (Fsp3) is 0.625. The SMILES string of the molecule is COCCOCCCCNCc1cc(C)c(O)c(C)c1. The van der Waals surface area contributed by atoms with Crippen molar-refractivity contribution in [3.63, 3.8) is 0 Å². The van der Waals surface area contributed by atoms with Crippen LogP contribution in [0, 0.1) is 13.8 Å². The number of unbranched alkanes of at least 4 members (excludes halogenated alkanes) is 1. The molecule has 0 aliphatic carbocycles. The fourth-order valence-corrected chi connectivity index (χ4v) is 2.08. The first-order chi connectivity index (χ1) is 9.65. The van der Waals surface area contributed by atoms with Gasteiger partial charge in [0, 0.05) is 20.3 Å². The van der Waals surface area contributed by atoms with Gasteiger partial charge in [0.05, 0.1) is 13.2 Å². The molecule has 0 aliphatic rings. The van der Waals surface area contributed by atoms with Crippen LogP contribution in [0.2, 0.25) is 0 Å². The molecule has 4 nitrogen and oxygen atoms in total. The van der Waals surface area contributed by atoms with Gasteiger partial charge in [-0.05, 0) is 49.9 Å². The number of phenols is 1. The van der Waals surface area contributed by atoms with Crippen molar-refractivity contribution in [1.29, 1.82) is 0 Å². The fourth-order valence-electron chi connectivity index (χ4n) is 2.08. The highest BCUT2D eigenvalue weighted by Crippen LogP contribution is 2.22. The van der Waals surface area contributed by atoms with E-state index in [1.807, 2.05) is 26.0 Å². The highest BCUT2D eigenvalue weighted by Gasteiger charge is 2.02. The molecule has 0 aromatic heterocycles. The molecule has 0 aliphatic heterocycles. The largest absolute Gasteiger partial charge is 0.507 e. The summed E-state index contributed by atoms with van der Waals surface area (Å²) in [7, 11) is 1.68. The van der Waals surface area contributed by atoms with Crippen LogP contribution in [-0.2, 0) is 16.0 Å². The van der Waals surface area contributed by atoms with Gasteiger partial charge in [-0.3, -0.25) is 0 Å². The van der Waals surface area contributed by atoms with Crippen LogP contribution in [0.5, 0.6) is 5.75 Å². The number of ether oxygens (including phenoxy) is 2. The molecule has 1 aromatic rings. The lowest BCUT2D eigenvalue weighted by atomic mass is 10.1. The van der Waals surface area contributed by atoms with E-state index < -0.39 is 0 Å². The summed E-state index contributed by atoms with van der Waals surface area (Å²) < 4.78 is 10.3. The Hall–Kier alpha value is -1.10. The third-order valence-corrected chi connectivity index (χ3v) is 3.20. The van der Waals surface area contributed by atoms with Gasteiger partial charge in [-0.15, -0.1) is 0 Å². The molecule has 0 amide bonds. The maximum atomic E-state index is 9.72. The van der Waals surface area contributed by atoms with Gasteiger partial charge in [-0.1, -0.05) is 12.1 Å². The molecule has 0 bridgehead atoms. The number of aromatic hydroxyl groups is 1. The highest BCUT2D eigenvalue weighted by atomic mass is 16.5. The van der Waals surface area contributed by atoms with E-state index in [1.54, 1.807) is 7.11 Å². The number of methoxy groups -OCH3 is 1. The first kappa shape index (κ1) is 17.0. The van der Waals surface area contributed by atoms with Crippen LogP contribution in [-0.4, -0.2) is 38.6 Å². The Morgan fingerprint density at radius 1 is 1.05 bits per heavy atom. The van der Waals surface area contributed by atoms with Gasteiger partial charge in [0.1, 0.15) is 5.75 Å². The second-order valence-electron chi connectivity index (χ2n) is 5.07. The van der Waals surface area contributed by atoms with Crippen LogP contribution in [0.15, 0.2) is 12.1 Å². The third kappa shape index (κ3) is 6.37. The Morgan fingerprint density at radius 3 is 2.40 bits per heavy atom. The van der Waals surface area contributed by atoms with Gasteiger partial charge in [0.15, 0.2) is 0 Å². The highest BCUT2D eigenvalue weighted by molar-refractivity contribution is 5.42. The second kappa shape index (κ2) is 9.75. The molecule has 1 rings (SSSR count). The smallest absolute Gasteiger partial charge is 0.121 e. The minimum Gasteiger partial charge on any atom is -0.507 e. The van der Waals surface area contributed by atoms with Crippen molar-refractivity contribution < 1.29 is 14.6 Å². The second-order valence-corrected chi connectivity index (χ2v) is 5.07. The number of nitrogens with one attached hydrogen (secondary N) is 1. The van der Waals surface area contributed by atoms with E-state index in [2.05, 4.69) is 5.32 Å². The molecule has 0 atom stereocenters. The summed E-state index contributed by atoms with van der Waals surface area (Å²) in [5.74, 6) is 0.405. The van der Waals surface area contributed by atoms with Crippen LogP contribution in [0.3, 0.4) is 0 Å². The molecule has 0 heterocycles. The lowest BCUT2D eigenvalue weighted by Crippen LogP contribution is -2.15. The molecule has 2 N–H and O–H groups in total. The van der Waals surface area contributed by atoms with E-state index in [0.717, 1.165) is 43.7 Å². The van der Waals surface area contributed by atoms with Crippen molar-refractivity contribution in [3.8, 4) is 5.75 Å². The molecule has 0 spiro atoms. The first-order valence-electron chi connectivity index (χ1n) is 7.21. The molecule has 114 valence electrons. The monoisotopic (exact) mass is 281 g/mol. The summed E-state index contributed by atoms with van der Waals surface area (Å²) in [6.45, 7) is 7.82. The maximum Gasteiger partial charge on any atom is 0.121 e. The minimum absolute atomic E-state index is 0.405. The van der Waals surface area contributed by atoms with Gasteiger partial charge in [0.25, 0.3) is 0 Å². The molecular formula is C16H27NO3. The molecule has 1 aromatic carbocycles. The van der Waals surface area contributed by atoms with Crippen molar-refractivity contribution in [2.75, 3.05) is 33.5 Å². The number of phenolic OH excluding ortho intramolecular Hbond substituents is 1. The summed E-state index contributed by atoms with van der Waals surface area (Å²) in [4.78, 5) is 0. The lowest BCUT2D eigenvalue weighted by Gasteiger charge is -2.09. The zero-order valence-corrected chi connectivity index (χ0v) is 12.9. The number of benzene rings is 1. The molecular weight excluding hydrogens is 254 g/mol. The summed E-state index contributed by atoms with van der Waals surface area (Å²) >= 11 is 0. The standard InChI is InChI=1S/C16H27NO3/c1-13-10-15(11-14(2)16(13)18)12-17-6-4-5-7-20-9-8-19-3/h10-11,17-18H,4-9,12H2,1-3H3. The normalized spacial score (nSPS) is 10.9. The van der Waals surface area contributed by atoms with E-state index in [0.29, 0.717) is 19.0 Å². The molecule has 0 fully saturated rings. The quantitative estimate of drug-likeness (QED) is 0.647. The zero-order chi connectivity index (χ0) is 14.8. The average molecular weight is 281 g/mol. The van der Waals surface area contributed by atoms with Crippen molar-refractivity contribution in [1.82, 2.24) is 5.32 Å². The van der Waals surface area contributed by atoms with Crippen LogP contribution in [0.4, 0.5) is 0 Å². The number of hydrogen-bond donors (Lipinski definition) is 2. The summed E-state index contributed by atoms with van der Waals surface area (Å²) in [5.41, 5.74) is 3.09. The zero-order valence-electron chi connectivity index (χ0n) is 12.9. The molecule has 4 heteroatoms. The Labute approximate surface area is 122 Å². The van der Waals surface area contributed by atoms with E-state index >= 15 is 0 Å². The predicted octanol–water partition coefficient (Wildman–Crippen LogP) is 2.54. The minimum atomic E-state index is 0.405. The van der Waals surface area contributed by atoms with E-state index in [9.17, 15) is 5.11 Å². The number of rotatable bonds is 10. The maximum absolute atomic E-state index is 9.72. The van der Waals surface area contributed by atoms with Crippen molar-refractivity contribution in [2.24, 2.45) is 0 Å².